The fraction of sp³-hybridized carbons (Fsp3) is 0.278. The van der Waals surface area contributed by atoms with Crippen LogP contribution in [0.15, 0.2) is 53.0 Å². The van der Waals surface area contributed by atoms with E-state index in [1.54, 1.807) is 0 Å². The standard InChI is InChI=1S/C18H19BrO/c1-18(2,3)16-7-5-4-6-15(16)17(20)12-13-8-10-14(19)11-9-13/h4-11H,12H2,1-3H3. The van der Waals surface area contributed by atoms with E-state index in [1.165, 1.54) is 0 Å². The molecule has 0 bridgehead atoms. The molecule has 0 saturated heterocycles. The van der Waals surface area contributed by atoms with E-state index in [-0.39, 0.29) is 11.2 Å². The van der Waals surface area contributed by atoms with E-state index in [9.17, 15) is 4.79 Å². The number of benzene rings is 2. The van der Waals surface area contributed by atoms with Crippen molar-refractivity contribution >= 4 is 21.7 Å². The van der Waals surface area contributed by atoms with Crippen LogP contribution in [-0.4, -0.2) is 5.78 Å². The third-order valence-corrected chi connectivity index (χ3v) is 3.84. The van der Waals surface area contributed by atoms with Gasteiger partial charge in [0.2, 0.25) is 0 Å². The van der Waals surface area contributed by atoms with Crippen molar-refractivity contribution in [2.75, 3.05) is 0 Å². The fourth-order valence-corrected chi connectivity index (χ4v) is 2.53. The maximum Gasteiger partial charge on any atom is 0.167 e. The molecule has 0 amide bonds. The average molecular weight is 331 g/mol. The maximum absolute atomic E-state index is 12.6. The molecule has 0 unspecified atom stereocenters. The van der Waals surface area contributed by atoms with Crippen molar-refractivity contribution in [1.29, 1.82) is 0 Å². The summed E-state index contributed by atoms with van der Waals surface area (Å²) < 4.78 is 1.03. The third kappa shape index (κ3) is 3.57. The largest absolute Gasteiger partial charge is 0.294 e. The molecule has 0 fully saturated rings. The van der Waals surface area contributed by atoms with Gasteiger partial charge in [-0.25, -0.2) is 0 Å². The minimum Gasteiger partial charge on any atom is -0.294 e. The highest BCUT2D eigenvalue weighted by atomic mass is 79.9. The van der Waals surface area contributed by atoms with Gasteiger partial charge in [0.1, 0.15) is 0 Å². The Labute approximate surface area is 129 Å². The first-order chi connectivity index (χ1) is 9.38. The SMILES string of the molecule is CC(C)(C)c1ccccc1C(=O)Cc1ccc(Br)cc1. The van der Waals surface area contributed by atoms with Gasteiger partial charge in [-0.2, -0.15) is 0 Å². The fourth-order valence-electron chi connectivity index (χ4n) is 2.26. The van der Waals surface area contributed by atoms with Crippen molar-refractivity contribution < 1.29 is 4.79 Å². The second-order valence-electron chi connectivity index (χ2n) is 6.02. The van der Waals surface area contributed by atoms with E-state index in [1.807, 2.05) is 42.5 Å². The first kappa shape index (κ1) is 15.0. The van der Waals surface area contributed by atoms with Crippen molar-refractivity contribution in [2.24, 2.45) is 0 Å². The Morgan fingerprint density at radius 3 is 2.20 bits per heavy atom. The molecular weight excluding hydrogens is 312 g/mol. The van der Waals surface area contributed by atoms with E-state index in [0.29, 0.717) is 6.42 Å². The number of carbonyl (C=O) groups is 1. The molecule has 20 heavy (non-hydrogen) atoms. The van der Waals surface area contributed by atoms with Gasteiger partial charge in [-0.05, 0) is 28.7 Å². The minimum atomic E-state index is -0.0219. The second kappa shape index (κ2) is 5.92. The summed E-state index contributed by atoms with van der Waals surface area (Å²) in [6, 6.07) is 15.8. The van der Waals surface area contributed by atoms with Gasteiger partial charge in [0.15, 0.2) is 5.78 Å². The van der Waals surface area contributed by atoms with Crippen molar-refractivity contribution in [1.82, 2.24) is 0 Å². The van der Waals surface area contributed by atoms with Crippen LogP contribution in [0.2, 0.25) is 0 Å². The molecule has 2 aromatic carbocycles. The van der Waals surface area contributed by atoms with Crippen LogP contribution >= 0.6 is 15.9 Å². The van der Waals surface area contributed by atoms with Gasteiger partial charge in [-0.1, -0.05) is 73.1 Å². The number of carbonyl (C=O) groups excluding carboxylic acids is 1. The van der Waals surface area contributed by atoms with Crippen LogP contribution in [0.5, 0.6) is 0 Å². The number of halogens is 1. The van der Waals surface area contributed by atoms with E-state index in [2.05, 4.69) is 42.8 Å². The molecule has 0 saturated carbocycles. The highest BCUT2D eigenvalue weighted by molar-refractivity contribution is 9.10. The van der Waals surface area contributed by atoms with Gasteiger partial charge in [0.05, 0.1) is 0 Å². The molecule has 0 atom stereocenters. The highest BCUT2D eigenvalue weighted by Crippen LogP contribution is 2.26. The highest BCUT2D eigenvalue weighted by Gasteiger charge is 2.20. The first-order valence-corrected chi connectivity index (χ1v) is 7.54. The van der Waals surface area contributed by atoms with Crippen LogP contribution < -0.4 is 0 Å². The van der Waals surface area contributed by atoms with Crippen molar-refractivity contribution in [3.8, 4) is 0 Å². The van der Waals surface area contributed by atoms with Gasteiger partial charge < -0.3 is 0 Å². The number of hydrogen-bond donors (Lipinski definition) is 0. The Hall–Kier alpha value is -1.41. The monoisotopic (exact) mass is 330 g/mol. The summed E-state index contributed by atoms with van der Waals surface area (Å²) in [4.78, 5) is 12.6. The van der Waals surface area contributed by atoms with E-state index in [0.717, 1.165) is 21.2 Å². The summed E-state index contributed by atoms with van der Waals surface area (Å²) in [5, 5.41) is 0. The molecule has 104 valence electrons. The number of hydrogen-bond acceptors (Lipinski definition) is 1. The van der Waals surface area contributed by atoms with E-state index < -0.39 is 0 Å². The van der Waals surface area contributed by atoms with Crippen LogP contribution in [0, 0.1) is 0 Å². The molecule has 2 rings (SSSR count). The molecule has 0 aliphatic carbocycles. The van der Waals surface area contributed by atoms with Gasteiger partial charge in [-0.3, -0.25) is 4.79 Å². The van der Waals surface area contributed by atoms with Crippen LogP contribution in [0.4, 0.5) is 0 Å². The smallest absolute Gasteiger partial charge is 0.167 e. The molecule has 0 heterocycles. The van der Waals surface area contributed by atoms with Crippen LogP contribution in [0.3, 0.4) is 0 Å². The second-order valence-corrected chi connectivity index (χ2v) is 6.94. The molecule has 0 aliphatic rings. The molecule has 1 nitrogen and oxygen atoms in total. The van der Waals surface area contributed by atoms with E-state index in [4.69, 9.17) is 0 Å². The van der Waals surface area contributed by atoms with Crippen molar-refractivity contribution in [3.05, 3.63) is 69.7 Å². The minimum absolute atomic E-state index is 0.0219. The molecule has 0 aromatic heterocycles. The molecule has 0 aliphatic heterocycles. The van der Waals surface area contributed by atoms with Crippen LogP contribution in [-0.2, 0) is 11.8 Å². The number of rotatable bonds is 3. The van der Waals surface area contributed by atoms with Gasteiger partial charge in [-0.15, -0.1) is 0 Å². The van der Waals surface area contributed by atoms with Crippen LogP contribution in [0.1, 0.15) is 42.3 Å². The lowest BCUT2D eigenvalue weighted by Crippen LogP contribution is -2.17. The van der Waals surface area contributed by atoms with Gasteiger partial charge >= 0.3 is 0 Å². The Bertz CT molecular complexity index is 606. The summed E-state index contributed by atoms with van der Waals surface area (Å²) in [6.07, 6.45) is 0.445. The lowest BCUT2D eigenvalue weighted by atomic mass is 9.82. The zero-order chi connectivity index (χ0) is 14.8. The Morgan fingerprint density at radius 2 is 1.60 bits per heavy atom. The molecular formula is C18H19BrO. The van der Waals surface area contributed by atoms with Crippen molar-refractivity contribution in [2.45, 2.75) is 32.6 Å². The summed E-state index contributed by atoms with van der Waals surface area (Å²) in [6.45, 7) is 6.41. The Kier molecular flexibility index (Phi) is 4.44. The predicted octanol–water partition coefficient (Wildman–Crippen LogP) is 5.17. The molecule has 0 N–H and O–H groups in total. The summed E-state index contributed by atoms with van der Waals surface area (Å²) >= 11 is 3.41. The van der Waals surface area contributed by atoms with Crippen molar-refractivity contribution in [3.63, 3.8) is 0 Å². The maximum atomic E-state index is 12.6. The lowest BCUT2D eigenvalue weighted by molar-refractivity contribution is 0.0991. The summed E-state index contributed by atoms with van der Waals surface area (Å²) in [5.74, 6) is 0.179. The normalized spacial score (nSPS) is 11.4. The molecule has 2 aromatic rings. The average Bonchev–Trinajstić information content (AvgIpc) is 2.40. The Morgan fingerprint density at radius 1 is 1.00 bits per heavy atom. The zero-order valence-electron chi connectivity index (χ0n) is 12.1. The summed E-state index contributed by atoms with van der Waals surface area (Å²) in [5.41, 5.74) is 2.97. The molecule has 0 spiro atoms. The van der Waals surface area contributed by atoms with E-state index >= 15 is 0 Å². The predicted molar refractivity (Wildman–Crippen MR) is 87.3 cm³/mol. The Balaban J connectivity index is 2.28. The van der Waals surface area contributed by atoms with Gasteiger partial charge in [0, 0.05) is 16.5 Å². The topological polar surface area (TPSA) is 17.1 Å². The van der Waals surface area contributed by atoms with Crippen LogP contribution in [0.25, 0.3) is 0 Å². The van der Waals surface area contributed by atoms with Gasteiger partial charge in [0.25, 0.3) is 0 Å². The molecule has 0 radical (unpaired) electrons. The number of ketones is 1. The first-order valence-electron chi connectivity index (χ1n) is 6.75. The summed E-state index contributed by atoms with van der Waals surface area (Å²) in [7, 11) is 0. The third-order valence-electron chi connectivity index (χ3n) is 3.31. The zero-order valence-corrected chi connectivity index (χ0v) is 13.7. The lowest BCUT2D eigenvalue weighted by Gasteiger charge is -2.22. The molecule has 2 heteroatoms. The number of Topliss-reactive ketones (excluding diaryl/α,β-unsaturated/α-hetero) is 1. The quantitative estimate of drug-likeness (QED) is 0.709.